The Morgan fingerprint density at radius 1 is 1.14 bits per heavy atom. The van der Waals surface area contributed by atoms with Crippen LogP contribution in [-0.4, -0.2) is 23.7 Å². The Kier molecular flexibility index (Phi) is 5.62. The van der Waals surface area contributed by atoms with Crippen LogP contribution in [0.25, 0.3) is 0 Å². The number of carbonyl (C=O) groups is 2. The van der Waals surface area contributed by atoms with Crippen LogP contribution in [0.1, 0.15) is 41.0 Å². The Balaban J connectivity index is 4.01. The van der Waals surface area contributed by atoms with Crippen molar-refractivity contribution >= 4 is 11.6 Å². The van der Waals surface area contributed by atoms with Crippen molar-refractivity contribution in [2.45, 2.75) is 53.1 Å². The van der Waals surface area contributed by atoms with Gasteiger partial charge in [0.05, 0.1) is 6.04 Å². The Hall–Kier alpha value is -0.700. The fourth-order valence-corrected chi connectivity index (χ4v) is 1.22. The summed E-state index contributed by atoms with van der Waals surface area (Å²) in [5, 5.41) is 3.13. The third-order valence-electron chi connectivity index (χ3n) is 2.27. The molecule has 0 aromatic carbocycles. The lowest BCUT2D eigenvalue weighted by Crippen LogP contribution is -2.39. The lowest BCUT2D eigenvalue weighted by Gasteiger charge is -2.16. The minimum Gasteiger partial charge on any atom is -0.305 e. The van der Waals surface area contributed by atoms with E-state index in [4.69, 9.17) is 0 Å². The van der Waals surface area contributed by atoms with E-state index < -0.39 is 0 Å². The van der Waals surface area contributed by atoms with Gasteiger partial charge in [-0.2, -0.15) is 0 Å². The van der Waals surface area contributed by atoms with Gasteiger partial charge in [-0.15, -0.1) is 0 Å². The molecule has 0 saturated carbocycles. The molecule has 3 nitrogen and oxygen atoms in total. The second-order valence-corrected chi connectivity index (χ2v) is 4.23. The molecule has 0 radical (unpaired) electrons. The van der Waals surface area contributed by atoms with Crippen LogP contribution >= 0.6 is 0 Å². The van der Waals surface area contributed by atoms with Gasteiger partial charge < -0.3 is 5.32 Å². The Morgan fingerprint density at radius 3 is 2.00 bits per heavy atom. The summed E-state index contributed by atoms with van der Waals surface area (Å²) in [7, 11) is 0. The van der Waals surface area contributed by atoms with Gasteiger partial charge >= 0.3 is 0 Å². The number of nitrogens with one attached hydrogen (secondary N) is 1. The van der Waals surface area contributed by atoms with E-state index in [1.165, 1.54) is 6.92 Å². The van der Waals surface area contributed by atoms with Gasteiger partial charge in [0.25, 0.3) is 0 Å². The van der Waals surface area contributed by atoms with Gasteiger partial charge in [-0.25, -0.2) is 0 Å². The van der Waals surface area contributed by atoms with Crippen molar-refractivity contribution in [2.75, 3.05) is 0 Å². The Bertz CT molecular complexity index is 211. The van der Waals surface area contributed by atoms with Gasteiger partial charge in [-0.3, -0.25) is 9.59 Å². The van der Waals surface area contributed by atoms with Crippen LogP contribution < -0.4 is 5.32 Å². The molecule has 0 aliphatic carbocycles. The van der Waals surface area contributed by atoms with E-state index in [1.54, 1.807) is 6.92 Å². The minimum atomic E-state index is -0.156. The zero-order chi connectivity index (χ0) is 11.3. The maximum Gasteiger partial charge on any atom is 0.150 e. The van der Waals surface area contributed by atoms with Gasteiger partial charge in [0, 0.05) is 18.4 Å². The third-order valence-corrected chi connectivity index (χ3v) is 2.27. The third kappa shape index (κ3) is 5.12. The normalized spacial score (nSPS) is 15.3. The number of Topliss-reactive ketones (excluding diaryl/α,β-unsaturated/α-hetero) is 2. The second kappa shape index (κ2) is 5.91. The predicted molar refractivity (Wildman–Crippen MR) is 57.2 cm³/mol. The molecule has 0 saturated heterocycles. The average Bonchev–Trinajstić information content (AvgIpc) is 2.02. The van der Waals surface area contributed by atoms with Crippen LogP contribution in [-0.2, 0) is 9.59 Å². The van der Waals surface area contributed by atoms with Crippen molar-refractivity contribution in [1.29, 1.82) is 0 Å². The highest BCUT2D eigenvalue weighted by atomic mass is 16.1. The van der Waals surface area contributed by atoms with E-state index in [9.17, 15) is 9.59 Å². The molecular weight excluding hydrogens is 178 g/mol. The van der Waals surface area contributed by atoms with E-state index in [-0.39, 0.29) is 23.5 Å². The molecule has 82 valence electrons. The van der Waals surface area contributed by atoms with Gasteiger partial charge in [0.15, 0.2) is 0 Å². The molecular formula is C11H21NO2. The fraction of sp³-hybridized carbons (Fsp3) is 0.818. The van der Waals surface area contributed by atoms with Crippen molar-refractivity contribution in [3.8, 4) is 0 Å². The van der Waals surface area contributed by atoms with E-state index >= 15 is 0 Å². The highest BCUT2D eigenvalue weighted by Crippen LogP contribution is 2.06. The van der Waals surface area contributed by atoms with Crippen molar-refractivity contribution in [3.05, 3.63) is 0 Å². The van der Waals surface area contributed by atoms with E-state index in [2.05, 4.69) is 5.32 Å². The van der Waals surface area contributed by atoms with Gasteiger partial charge in [-0.05, 0) is 13.8 Å². The zero-order valence-corrected chi connectivity index (χ0v) is 9.76. The largest absolute Gasteiger partial charge is 0.305 e. The van der Waals surface area contributed by atoms with Crippen LogP contribution in [0.2, 0.25) is 0 Å². The molecule has 14 heavy (non-hydrogen) atoms. The Labute approximate surface area is 86.3 Å². The number of ketones is 2. The highest BCUT2D eigenvalue weighted by molar-refractivity contribution is 5.89. The second-order valence-electron chi connectivity index (χ2n) is 4.23. The summed E-state index contributed by atoms with van der Waals surface area (Å²) in [6.07, 6.45) is 0.343. The molecule has 0 aromatic rings. The minimum absolute atomic E-state index is 0.0788. The SMILES string of the molecule is CC(=O)[C@H](C)CC(=O)[C@H](C)NC(C)C. The summed E-state index contributed by atoms with van der Waals surface area (Å²) in [5.74, 6) is 0.0374. The molecule has 0 rings (SSSR count). The van der Waals surface area contributed by atoms with Crippen LogP contribution in [0.5, 0.6) is 0 Å². The standard InChI is InChI=1S/C11H21NO2/c1-7(2)12-9(4)11(14)6-8(3)10(5)13/h7-9,12H,6H2,1-5H3/t8-,9+/m1/s1. The molecule has 0 aliphatic heterocycles. The summed E-state index contributed by atoms with van der Waals surface area (Å²) in [6.45, 7) is 9.16. The lowest BCUT2D eigenvalue weighted by molar-refractivity contribution is -0.127. The molecule has 0 aromatic heterocycles. The summed E-state index contributed by atoms with van der Waals surface area (Å²) >= 11 is 0. The first kappa shape index (κ1) is 13.3. The first-order valence-electron chi connectivity index (χ1n) is 5.13. The summed E-state index contributed by atoms with van der Waals surface area (Å²) in [4.78, 5) is 22.5. The molecule has 0 unspecified atom stereocenters. The number of carbonyl (C=O) groups excluding carboxylic acids is 2. The smallest absolute Gasteiger partial charge is 0.150 e. The molecule has 3 heteroatoms. The maximum absolute atomic E-state index is 11.6. The lowest BCUT2D eigenvalue weighted by atomic mass is 9.97. The van der Waals surface area contributed by atoms with Crippen molar-refractivity contribution < 1.29 is 9.59 Å². The highest BCUT2D eigenvalue weighted by Gasteiger charge is 2.18. The van der Waals surface area contributed by atoms with Gasteiger partial charge in [0.2, 0.25) is 0 Å². The van der Waals surface area contributed by atoms with Crippen LogP contribution in [0.4, 0.5) is 0 Å². The molecule has 0 aliphatic rings. The van der Waals surface area contributed by atoms with Crippen LogP contribution in [0.15, 0.2) is 0 Å². The van der Waals surface area contributed by atoms with Gasteiger partial charge in [0.1, 0.15) is 11.6 Å². The van der Waals surface area contributed by atoms with Crippen LogP contribution in [0.3, 0.4) is 0 Å². The van der Waals surface area contributed by atoms with E-state index in [1.807, 2.05) is 20.8 Å². The molecule has 0 spiro atoms. The number of rotatable bonds is 6. The predicted octanol–water partition coefficient (Wildman–Crippen LogP) is 1.56. The monoisotopic (exact) mass is 199 g/mol. The summed E-state index contributed by atoms with van der Waals surface area (Å²) in [5.41, 5.74) is 0. The van der Waals surface area contributed by atoms with Gasteiger partial charge in [-0.1, -0.05) is 20.8 Å². The summed E-state index contributed by atoms with van der Waals surface area (Å²) < 4.78 is 0. The average molecular weight is 199 g/mol. The molecule has 0 bridgehead atoms. The van der Waals surface area contributed by atoms with E-state index in [0.29, 0.717) is 12.5 Å². The topological polar surface area (TPSA) is 46.2 Å². The fourth-order valence-electron chi connectivity index (χ4n) is 1.22. The zero-order valence-electron chi connectivity index (χ0n) is 9.76. The Morgan fingerprint density at radius 2 is 1.64 bits per heavy atom. The summed E-state index contributed by atoms with van der Waals surface area (Å²) in [6, 6.07) is 0.137. The number of hydrogen-bond acceptors (Lipinski definition) is 3. The molecule has 1 N–H and O–H groups in total. The van der Waals surface area contributed by atoms with Crippen molar-refractivity contribution in [1.82, 2.24) is 5.32 Å². The molecule has 0 amide bonds. The molecule has 0 heterocycles. The van der Waals surface area contributed by atoms with E-state index in [0.717, 1.165) is 0 Å². The molecule has 0 fully saturated rings. The van der Waals surface area contributed by atoms with Crippen LogP contribution in [0, 0.1) is 5.92 Å². The molecule has 2 atom stereocenters. The van der Waals surface area contributed by atoms with Crippen molar-refractivity contribution in [2.24, 2.45) is 5.92 Å². The first-order chi connectivity index (χ1) is 6.34. The maximum atomic E-state index is 11.6. The number of hydrogen-bond donors (Lipinski definition) is 1. The quantitative estimate of drug-likeness (QED) is 0.706. The first-order valence-corrected chi connectivity index (χ1v) is 5.13. The van der Waals surface area contributed by atoms with Crippen molar-refractivity contribution in [3.63, 3.8) is 0 Å².